The number of benzene rings is 2. The monoisotopic (exact) mass is 353 g/mol. The van der Waals surface area contributed by atoms with Crippen LogP contribution in [0.2, 0.25) is 0 Å². The van der Waals surface area contributed by atoms with Crippen molar-refractivity contribution in [3.8, 4) is 5.75 Å². The molecule has 3 unspecified atom stereocenters. The van der Waals surface area contributed by atoms with E-state index in [1.165, 1.54) is 18.2 Å². The predicted octanol–water partition coefficient (Wildman–Crippen LogP) is 4.04. The summed E-state index contributed by atoms with van der Waals surface area (Å²) < 4.78 is 0. The quantitative estimate of drug-likeness (QED) is 0.372. The lowest BCUT2D eigenvalue weighted by Gasteiger charge is -2.37. The Labute approximate surface area is 148 Å². The molecule has 3 atom stereocenters. The molecule has 0 saturated heterocycles. The Kier molecular flexibility index (Phi) is 3.61. The van der Waals surface area contributed by atoms with Gasteiger partial charge in [0, 0.05) is 24.1 Å². The van der Waals surface area contributed by atoms with Crippen molar-refractivity contribution in [1.82, 2.24) is 0 Å². The number of rotatable bonds is 3. The van der Waals surface area contributed by atoms with Crippen LogP contribution in [0.15, 0.2) is 48.6 Å². The molecule has 2 N–H and O–H groups in total. The van der Waals surface area contributed by atoms with Gasteiger partial charge < -0.3 is 10.4 Å². The number of nitrogens with zero attached hydrogens (tertiary/aromatic N) is 2. The Morgan fingerprint density at radius 3 is 2.38 bits per heavy atom. The molecule has 0 amide bonds. The summed E-state index contributed by atoms with van der Waals surface area (Å²) in [6.45, 7) is 0. The summed E-state index contributed by atoms with van der Waals surface area (Å²) in [6.07, 6.45) is 4.81. The van der Waals surface area contributed by atoms with Crippen LogP contribution in [0.25, 0.3) is 0 Å². The van der Waals surface area contributed by atoms with E-state index < -0.39 is 9.85 Å². The summed E-state index contributed by atoms with van der Waals surface area (Å²) >= 11 is 0. The van der Waals surface area contributed by atoms with Crippen LogP contribution in [-0.4, -0.2) is 15.0 Å². The minimum Gasteiger partial charge on any atom is -0.506 e. The number of phenols is 1. The van der Waals surface area contributed by atoms with Gasteiger partial charge in [-0.1, -0.05) is 24.3 Å². The van der Waals surface area contributed by atoms with Crippen molar-refractivity contribution in [2.75, 3.05) is 5.32 Å². The molecule has 2 aliphatic rings. The van der Waals surface area contributed by atoms with Crippen LogP contribution >= 0.6 is 0 Å². The smallest absolute Gasteiger partial charge is 0.273 e. The van der Waals surface area contributed by atoms with Crippen LogP contribution in [0.5, 0.6) is 5.75 Å². The van der Waals surface area contributed by atoms with Gasteiger partial charge in [0.2, 0.25) is 0 Å². The molecule has 1 aliphatic carbocycles. The Bertz CT molecular complexity index is 939. The van der Waals surface area contributed by atoms with Gasteiger partial charge in [0.05, 0.1) is 27.6 Å². The first-order valence-electron chi connectivity index (χ1n) is 8.14. The van der Waals surface area contributed by atoms with E-state index in [2.05, 4.69) is 5.32 Å². The molecule has 0 aromatic heterocycles. The molecule has 0 fully saturated rings. The Morgan fingerprint density at radius 1 is 1.04 bits per heavy atom. The first-order valence-corrected chi connectivity index (χ1v) is 8.14. The zero-order valence-electron chi connectivity index (χ0n) is 13.5. The molecule has 1 aliphatic heterocycles. The van der Waals surface area contributed by atoms with E-state index >= 15 is 0 Å². The molecule has 132 valence electrons. The second kappa shape index (κ2) is 5.83. The van der Waals surface area contributed by atoms with Gasteiger partial charge in [-0.15, -0.1) is 0 Å². The number of hydrogen-bond acceptors (Lipinski definition) is 6. The molecule has 1 heterocycles. The maximum absolute atomic E-state index is 11.1. The van der Waals surface area contributed by atoms with E-state index in [-0.39, 0.29) is 35.0 Å². The highest BCUT2D eigenvalue weighted by Gasteiger charge is 2.40. The van der Waals surface area contributed by atoms with Gasteiger partial charge in [0.25, 0.3) is 11.4 Å². The van der Waals surface area contributed by atoms with Crippen LogP contribution in [-0.2, 0) is 0 Å². The highest BCUT2D eigenvalue weighted by Crippen LogP contribution is 2.53. The third kappa shape index (κ3) is 2.46. The average Bonchev–Trinajstić information content (AvgIpc) is 3.11. The van der Waals surface area contributed by atoms with E-state index in [4.69, 9.17) is 0 Å². The maximum Gasteiger partial charge on any atom is 0.273 e. The number of allylic oxidation sites excluding steroid dienone is 2. The van der Waals surface area contributed by atoms with E-state index in [1.807, 2.05) is 12.2 Å². The largest absolute Gasteiger partial charge is 0.506 e. The molecule has 8 heteroatoms. The third-order valence-corrected chi connectivity index (χ3v) is 5.11. The van der Waals surface area contributed by atoms with Crippen molar-refractivity contribution >= 4 is 17.1 Å². The van der Waals surface area contributed by atoms with Crippen molar-refractivity contribution in [2.24, 2.45) is 5.92 Å². The van der Waals surface area contributed by atoms with Crippen molar-refractivity contribution in [1.29, 1.82) is 0 Å². The fourth-order valence-corrected chi connectivity index (χ4v) is 3.90. The number of aromatic hydroxyl groups is 1. The minimum absolute atomic E-state index is 0.0181. The number of nitro benzene ring substituents is 2. The van der Waals surface area contributed by atoms with E-state index in [9.17, 15) is 25.3 Å². The average molecular weight is 353 g/mol. The van der Waals surface area contributed by atoms with Gasteiger partial charge in [-0.2, -0.15) is 0 Å². The molecule has 4 rings (SSSR count). The lowest BCUT2D eigenvalue weighted by Crippen LogP contribution is -2.29. The fourth-order valence-electron chi connectivity index (χ4n) is 3.90. The summed E-state index contributed by atoms with van der Waals surface area (Å²) in [6, 6.07) is 8.81. The van der Waals surface area contributed by atoms with Gasteiger partial charge in [0.1, 0.15) is 5.75 Å². The van der Waals surface area contributed by atoms with Gasteiger partial charge in [-0.25, -0.2) is 0 Å². The number of phenolic OH excluding ortho intramolecular Hbond substituents is 1. The fraction of sp³-hybridized carbons (Fsp3) is 0.222. The third-order valence-electron chi connectivity index (χ3n) is 5.11. The second-order valence-electron chi connectivity index (χ2n) is 6.51. The topological polar surface area (TPSA) is 119 Å². The summed E-state index contributed by atoms with van der Waals surface area (Å²) in [5.74, 6) is -0.109. The van der Waals surface area contributed by atoms with Crippen molar-refractivity contribution in [3.63, 3.8) is 0 Å². The predicted molar refractivity (Wildman–Crippen MR) is 94.2 cm³/mol. The Hall–Kier alpha value is -3.42. The van der Waals surface area contributed by atoms with E-state index in [1.54, 1.807) is 12.1 Å². The lowest BCUT2D eigenvalue weighted by atomic mass is 9.76. The summed E-state index contributed by atoms with van der Waals surface area (Å²) in [5, 5.41) is 35.6. The number of fused-ring (bicyclic) bond motifs is 3. The molecule has 0 radical (unpaired) electrons. The van der Waals surface area contributed by atoms with Crippen molar-refractivity contribution in [2.45, 2.75) is 18.4 Å². The Morgan fingerprint density at radius 2 is 1.73 bits per heavy atom. The minimum atomic E-state index is -0.518. The first-order chi connectivity index (χ1) is 12.5. The number of hydrogen-bond donors (Lipinski definition) is 2. The lowest BCUT2D eigenvalue weighted by molar-refractivity contribution is -0.385. The molecular formula is C18H15N3O5. The normalized spacial score (nSPS) is 23.0. The Balaban J connectivity index is 1.77. The molecule has 0 spiro atoms. The number of anilines is 1. The highest BCUT2D eigenvalue weighted by molar-refractivity contribution is 5.70. The van der Waals surface area contributed by atoms with Crippen LogP contribution in [0.1, 0.15) is 29.5 Å². The zero-order chi connectivity index (χ0) is 18.4. The van der Waals surface area contributed by atoms with Gasteiger partial charge >= 0.3 is 0 Å². The zero-order valence-corrected chi connectivity index (χ0v) is 13.5. The van der Waals surface area contributed by atoms with E-state index in [0.29, 0.717) is 11.3 Å². The van der Waals surface area contributed by atoms with Gasteiger partial charge in [-0.3, -0.25) is 20.2 Å². The van der Waals surface area contributed by atoms with Crippen molar-refractivity contribution in [3.05, 3.63) is 79.9 Å². The van der Waals surface area contributed by atoms with Crippen LogP contribution < -0.4 is 5.32 Å². The SMILES string of the molecule is O=[N+]([O-])c1ccc(C2Nc3c(O)cc([N+](=O)[O-])cc3C3C=CCC32)cc1. The second-order valence-corrected chi connectivity index (χ2v) is 6.51. The maximum atomic E-state index is 11.1. The van der Waals surface area contributed by atoms with Crippen LogP contribution in [0, 0.1) is 26.1 Å². The number of nitrogens with one attached hydrogen (secondary N) is 1. The summed E-state index contributed by atoms with van der Waals surface area (Å²) in [5.41, 5.74) is 1.93. The number of nitro groups is 2. The van der Waals surface area contributed by atoms with Crippen molar-refractivity contribution < 1.29 is 15.0 Å². The molecular weight excluding hydrogens is 338 g/mol. The molecule has 0 saturated carbocycles. The molecule has 2 aromatic carbocycles. The number of non-ortho nitro benzene ring substituents is 2. The molecule has 0 bridgehead atoms. The first kappa shape index (κ1) is 16.1. The molecule has 2 aromatic rings. The standard InChI is InChI=1S/C18H15N3O5/c22-16-9-12(21(25)26)8-15-13-2-1-3-14(13)17(19-18(15)16)10-4-6-11(7-5-10)20(23)24/h1-2,4-9,13-14,17,19,22H,3H2. The molecule has 8 nitrogen and oxygen atoms in total. The molecule has 26 heavy (non-hydrogen) atoms. The summed E-state index contributed by atoms with van der Waals surface area (Å²) in [4.78, 5) is 21.0. The van der Waals surface area contributed by atoms with Gasteiger partial charge in [-0.05, 0) is 23.5 Å². The van der Waals surface area contributed by atoms with E-state index in [0.717, 1.165) is 18.1 Å². The van der Waals surface area contributed by atoms with Crippen LogP contribution in [0.4, 0.5) is 17.1 Å². The van der Waals surface area contributed by atoms with Gasteiger partial charge in [0.15, 0.2) is 0 Å². The van der Waals surface area contributed by atoms with Crippen LogP contribution in [0.3, 0.4) is 0 Å². The highest BCUT2D eigenvalue weighted by atomic mass is 16.6. The summed E-state index contributed by atoms with van der Waals surface area (Å²) in [7, 11) is 0.